The van der Waals surface area contributed by atoms with Crippen LogP contribution in [0.5, 0.6) is 0 Å². The predicted molar refractivity (Wildman–Crippen MR) is 39.4 cm³/mol. The Bertz CT molecular complexity index is 272. The minimum Gasteiger partial charge on any atom is -0.383 e. The van der Waals surface area contributed by atoms with Gasteiger partial charge in [-0.05, 0) is 0 Å². The number of aromatic nitrogens is 2. The van der Waals surface area contributed by atoms with Crippen LogP contribution in [0.3, 0.4) is 0 Å². The number of nitrogens with zero attached hydrogens (tertiary/aromatic N) is 2. The molecule has 0 unspecified atom stereocenters. The van der Waals surface area contributed by atoms with Gasteiger partial charge in [0.15, 0.2) is 6.29 Å². The molecule has 0 N–H and O–H groups in total. The number of carbonyl (C=O) groups excluding carboxylic acids is 1. The number of halogens is 1. The molecular weight excluding hydrogens is 163 g/mol. The molecule has 1 heterocycles. The molecule has 66 valence electrons. The molecule has 0 saturated heterocycles. The summed E-state index contributed by atoms with van der Waals surface area (Å²) in [6, 6.07) is 0. The Morgan fingerprint density at radius 1 is 1.83 bits per heavy atom. The van der Waals surface area contributed by atoms with Gasteiger partial charge in [-0.15, -0.1) is 0 Å². The first-order valence-electron chi connectivity index (χ1n) is 3.45. The lowest BCUT2D eigenvalue weighted by Gasteiger charge is -1.99. The zero-order valence-corrected chi connectivity index (χ0v) is 6.66. The molecule has 0 aromatic carbocycles. The van der Waals surface area contributed by atoms with E-state index in [0.29, 0.717) is 19.4 Å². The molecular formula is C7H9FN2O2. The van der Waals surface area contributed by atoms with E-state index < -0.39 is 5.95 Å². The SMILES string of the molecule is COCCn1ncc(C=O)c1F. The molecule has 5 heteroatoms. The summed E-state index contributed by atoms with van der Waals surface area (Å²) < 4.78 is 18.8. The summed E-state index contributed by atoms with van der Waals surface area (Å²) in [4.78, 5) is 10.2. The molecule has 1 rings (SSSR count). The van der Waals surface area contributed by atoms with E-state index in [1.165, 1.54) is 13.3 Å². The largest absolute Gasteiger partial charge is 0.383 e. The van der Waals surface area contributed by atoms with Crippen molar-refractivity contribution >= 4 is 6.29 Å². The summed E-state index contributed by atoms with van der Waals surface area (Å²) >= 11 is 0. The number of aldehydes is 1. The van der Waals surface area contributed by atoms with Crippen LogP contribution in [0.2, 0.25) is 0 Å². The Morgan fingerprint density at radius 3 is 3.08 bits per heavy atom. The second kappa shape index (κ2) is 3.96. The zero-order chi connectivity index (χ0) is 8.97. The van der Waals surface area contributed by atoms with Crippen LogP contribution in [0.4, 0.5) is 4.39 Å². The van der Waals surface area contributed by atoms with Gasteiger partial charge in [0, 0.05) is 7.11 Å². The van der Waals surface area contributed by atoms with E-state index in [9.17, 15) is 9.18 Å². The molecule has 0 amide bonds. The van der Waals surface area contributed by atoms with E-state index in [2.05, 4.69) is 5.10 Å². The second-order valence-corrected chi connectivity index (χ2v) is 2.22. The first kappa shape index (κ1) is 8.86. The van der Waals surface area contributed by atoms with E-state index in [1.54, 1.807) is 0 Å². The van der Waals surface area contributed by atoms with Crippen molar-refractivity contribution in [3.05, 3.63) is 17.7 Å². The van der Waals surface area contributed by atoms with Gasteiger partial charge in [0.05, 0.1) is 24.9 Å². The summed E-state index contributed by atoms with van der Waals surface area (Å²) in [7, 11) is 1.52. The Hall–Kier alpha value is -1.23. The standard InChI is InChI=1S/C7H9FN2O2/c1-12-3-2-10-7(8)6(5-11)4-9-10/h4-5H,2-3H2,1H3. The van der Waals surface area contributed by atoms with Gasteiger partial charge in [0.1, 0.15) is 0 Å². The van der Waals surface area contributed by atoms with E-state index in [0.717, 1.165) is 4.68 Å². The van der Waals surface area contributed by atoms with Crippen molar-refractivity contribution in [3.63, 3.8) is 0 Å². The van der Waals surface area contributed by atoms with Gasteiger partial charge in [0.2, 0.25) is 5.95 Å². The van der Waals surface area contributed by atoms with Crippen molar-refractivity contribution in [3.8, 4) is 0 Å². The highest BCUT2D eigenvalue weighted by Gasteiger charge is 2.07. The van der Waals surface area contributed by atoms with Gasteiger partial charge in [-0.25, -0.2) is 4.68 Å². The fraction of sp³-hybridized carbons (Fsp3) is 0.429. The van der Waals surface area contributed by atoms with Crippen LogP contribution in [0, 0.1) is 5.95 Å². The highest BCUT2D eigenvalue weighted by atomic mass is 19.1. The molecule has 4 nitrogen and oxygen atoms in total. The molecule has 1 aromatic heterocycles. The van der Waals surface area contributed by atoms with Crippen molar-refractivity contribution in [1.82, 2.24) is 9.78 Å². The van der Waals surface area contributed by atoms with E-state index in [4.69, 9.17) is 4.74 Å². The molecule has 0 atom stereocenters. The zero-order valence-electron chi connectivity index (χ0n) is 6.66. The normalized spacial score (nSPS) is 10.2. The maximum absolute atomic E-state index is 13.0. The van der Waals surface area contributed by atoms with E-state index >= 15 is 0 Å². The highest BCUT2D eigenvalue weighted by Crippen LogP contribution is 2.02. The lowest BCUT2D eigenvalue weighted by molar-refractivity contribution is 0.111. The molecule has 1 aromatic rings. The monoisotopic (exact) mass is 172 g/mol. The van der Waals surface area contributed by atoms with Gasteiger partial charge in [0.25, 0.3) is 0 Å². The minimum atomic E-state index is -0.609. The van der Waals surface area contributed by atoms with Crippen LogP contribution >= 0.6 is 0 Å². The fourth-order valence-electron chi connectivity index (χ4n) is 0.798. The number of rotatable bonds is 4. The molecule has 0 saturated carbocycles. The Kier molecular flexibility index (Phi) is 2.93. The third kappa shape index (κ3) is 1.68. The lowest BCUT2D eigenvalue weighted by Crippen LogP contribution is -2.08. The summed E-state index contributed by atoms with van der Waals surface area (Å²) in [6.45, 7) is 0.688. The maximum atomic E-state index is 13.0. The van der Waals surface area contributed by atoms with Crippen molar-refractivity contribution in [2.24, 2.45) is 0 Å². The molecule has 0 aliphatic heterocycles. The third-order valence-electron chi connectivity index (χ3n) is 1.44. The number of methoxy groups -OCH3 is 1. The summed E-state index contributed by atoms with van der Waals surface area (Å²) in [5.74, 6) is -0.609. The quantitative estimate of drug-likeness (QED) is 0.620. The number of ether oxygens (including phenoxy) is 1. The number of carbonyl (C=O) groups is 1. The van der Waals surface area contributed by atoms with Crippen LogP contribution in [0.1, 0.15) is 10.4 Å². The third-order valence-corrected chi connectivity index (χ3v) is 1.44. The number of hydrogen-bond donors (Lipinski definition) is 0. The van der Waals surface area contributed by atoms with E-state index in [1.807, 2.05) is 0 Å². The number of hydrogen-bond acceptors (Lipinski definition) is 3. The molecule has 0 aliphatic carbocycles. The van der Waals surface area contributed by atoms with Gasteiger partial charge in [-0.1, -0.05) is 0 Å². The van der Waals surface area contributed by atoms with Crippen LogP contribution in [-0.4, -0.2) is 29.8 Å². The smallest absolute Gasteiger partial charge is 0.222 e. The van der Waals surface area contributed by atoms with Gasteiger partial charge < -0.3 is 4.74 Å². The van der Waals surface area contributed by atoms with Crippen molar-refractivity contribution in [1.29, 1.82) is 0 Å². The fourth-order valence-corrected chi connectivity index (χ4v) is 0.798. The van der Waals surface area contributed by atoms with Gasteiger partial charge in [-0.2, -0.15) is 9.49 Å². The highest BCUT2D eigenvalue weighted by molar-refractivity contribution is 5.73. The molecule has 0 spiro atoms. The molecule has 12 heavy (non-hydrogen) atoms. The van der Waals surface area contributed by atoms with Crippen LogP contribution < -0.4 is 0 Å². The minimum absolute atomic E-state index is 0.0221. The van der Waals surface area contributed by atoms with Crippen molar-refractivity contribution in [2.75, 3.05) is 13.7 Å². The molecule has 0 aliphatic rings. The molecule has 0 bridgehead atoms. The molecule has 0 radical (unpaired) electrons. The molecule has 0 fully saturated rings. The van der Waals surface area contributed by atoms with Gasteiger partial charge in [-0.3, -0.25) is 4.79 Å². The van der Waals surface area contributed by atoms with Gasteiger partial charge >= 0.3 is 0 Å². The average Bonchev–Trinajstić information content (AvgIpc) is 2.43. The van der Waals surface area contributed by atoms with Crippen molar-refractivity contribution in [2.45, 2.75) is 6.54 Å². The van der Waals surface area contributed by atoms with Crippen LogP contribution in [0.15, 0.2) is 6.20 Å². The summed E-state index contributed by atoms with van der Waals surface area (Å²) in [5, 5.41) is 3.65. The topological polar surface area (TPSA) is 44.1 Å². The first-order valence-corrected chi connectivity index (χ1v) is 3.45. The van der Waals surface area contributed by atoms with Crippen LogP contribution in [0.25, 0.3) is 0 Å². The summed E-state index contributed by atoms with van der Waals surface area (Å²) in [6.07, 6.45) is 1.63. The first-order chi connectivity index (χ1) is 5.79. The Morgan fingerprint density at radius 2 is 2.58 bits per heavy atom. The van der Waals surface area contributed by atoms with Crippen molar-refractivity contribution < 1.29 is 13.9 Å². The van der Waals surface area contributed by atoms with Crippen LogP contribution in [-0.2, 0) is 11.3 Å². The Balaban J connectivity index is 2.72. The Labute approximate surface area is 68.9 Å². The van der Waals surface area contributed by atoms with E-state index in [-0.39, 0.29) is 5.56 Å². The maximum Gasteiger partial charge on any atom is 0.222 e. The average molecular weight is 172 g/mol. The lowest BCUT2D eigenvalue weighted by atomic mass is 10.4. The predicted octanol–water partition coefficient (Wildman–Crippen LogP) is 0.481. The second-order valence-electron chi connectivity index (χ2n) is 2.22. The summed E-state index contributed by atoms with van der Waals surface area (Å²) in [5.41, 5.74) is -0.0221.